The summed E-state index contributed by atoms with van der Waals surface area (Å²) in [6.45, 7) is 5.97. The van der Waals surface area contributed by atoms with Crippen LogP contribution in [0.1, 0.15) is 36.0 Å². The molecule has 1 N–H and O–H groups in total. The van der Waals surface area contributed by atoms with Crippen LogP contribution in [0.4, 0.5) is 0 Å². The highest BCUT2D eigenvalue weighted by Crippen LogP contribution is 2.39. The largest absolute Gasteiger partial charge is 0.311 e. The van der Waals surface area contributed by atoms with Crippen molar-refractivity contribution in [2.75, 3.05) is 6.54 Å². The molecule has 1 fully saturated rings. The predicted molar refractivity (Wildman–Crippen MR) is 69.5 cm³/mol. The molecule has 0 amide bonds. The number of nitriles is 1. The Kier molecular flexibility index (Phi) is 3.49. The van der Waals surface area contributed by atoms with E-state index in [4.69, 9.17) is 5.26 Å². The second-order valence-corrected chi connectivity index (χ2v) is 5.27. The number of nitrogens with zero attached hydrogens (tertiary/aromatic N) is 1. The minimum Gasteiger partial charge on any atom is -0.311 e. The van der Waals surface area contributed by atoms with Gasteiger partial charge in [0, 0.05) is 13.1 Å². The summed E-state index contributed by atoms with van der Waals surface area (Å²) in [4.78, 5) is 0. The molecule has 2 rings (SSSR count). The SMILES string of the molecule is Cc1ccc(CNCC2(C#N)CCC2)cc1C. The van der Waals surface area contributed by atoms with E-state index in [1.165, 1.54) is 23.1 Å². The molecule has 1 aromatic carbocycles. The van der Waals surface area contributed by atoms with Gasteiger partial charge in [-0.25, -0.2) is 0 Å². The van der Waals surface area contributed by atoms with E-state index in [0.29, 0.717) is 0 Å². The summed E-state index contributed by atoms with van der Waals surface area (Å²) in [5.74, 6) is 0. The molecule has 2 nitrogen and oxygen atoms in total. The summed E-state index contributed by atoms with van der Waals surface area (Å²) in [5, 5.41) is 12.5. The number of rotatable bonds is 4. The maximum absolute atomic E-state index is 9.12. The Bertz CT molecular complexity index is 439. The highest BCUT2D eigenvalue weighted by molar-refractivity contribution is 5.29. The van der Waals surface area contributed by atoms with Crippen LogP contribution in [0.25, 0.3) is 0 Å². The molecule has 0 unspecified atom stereocenters. The first kappa shape index (κ1) is 12.1. The molecule has 0 spiro atoms. The maximum Gasteiger partial charge on any atom is 0.0703 e. The van der Waals surface area contributed by atoms with Crippen LogP contribution in [-0.2, 0) is 6.54 Å². The van der Waals surface area contributed by atoms with E-state index in [1.807, 2.05) is 0 Å². The molecule has 17 heavy (non-hydrogen) atoms. The molecule has 90 valence electrons. The van der Waals surface area contributed by atoms with E-state index in [0.717, 1.165) is 25.9 Å². The standard InChI is InChI=1S/C15H20N2/c1-12-4-5-14(8-13(12)2)9-17-11-15(10-16)6-3-7-15/h4-5,8,17H,3,6-7,9,11H2,1-2H3. The predicted octanol–water partition coefficient (Wildman–Crippen LogP) is 3.09. The minimum atomic E-state index is -0.0697. The maximum atomic E-state index is 9.12. The smallest absolute Gasteiger partial charge is 0.0703 e. The number of benzene rings is 1. The average molecular weight is 228 g/mol. The van der Waals surface area contributed by atoms with Gasteiger partial charge < -0.3 is 5.32 Å². The van der Waals surface area contributed by atoms with Gasteiger partial charge in [-0.3, -0.25) is 0 Å². The molecular weight excluding hydrogens is 208 g/mol. The third-order valence-electron chi connectivity index (χ3n) is 3.91. The molecule has 0 heterocycles. The van der Waals surface area contributed by atoms with Crippen molar-refractivity contribution in [1.82, 2.24) is 5.32 Å². The van der Waals surface area contributed by atoms with Gasteiger partial charge in [-0.1, -0.05) is 24.6 Å². The topological polar surface area (TPSA) is 35.8 Å². The van der Waals surface area contributed by atoms with Crippen LogP contribution in [0.2, 0.25) is 0 Å². The van der Waals surface area contributed by atoms with Crippen molar-refractivity contribution in [3.05, 3.63) is 34.9 Å². The lowest BCUT2D eigenvalue weighted by atomic mass is 9.70. The van der Waals surface area contributed by atoms with Gasteiger partial charge in [0.2, 0.25) is 0 Å². The quantitative estimate of drug-likeness (QED) is 0.859. The van der Waals surface area contributed by atoms with E-state index in [-0.39, 0.29) is 5.41 Å². The van der Waals surface area contributed by atoms with Gasteiger partial charge >= 0.3 is 0 Å². The molecule has 0 aliphatic heterocycles. The van der Waals surface area contributed by atoms with Crippen molar-refractivity contribution in [1.29, 1.82) is 5.26 Å². The summed E-state index contributed by atoms with van der Waals surface area (Å²) < 4.78 is 0. The molecule has 1 aromatic rings. The van der Waals surface area contributed by atoms with Crippen LogP contribution in [0, 0.1) is 30.6 Å². The molecule has 1 saturated carbocycles. The van der Waals surface area contributed by atoms with Gasteiger partial charge in [0.25, 0.3) is 0 Å². The van der Waals surface area contributed by atoms with Crippen molar-refractivity contribution < 1.29 is 0 Å². The first-order chi connectivity index (χ1) is 8.15. The van der Waals surface area contributed by atoms with Gasteiger partial charge in [0.15, 0.2) is 0 Å². The lowest BCUT2D eigenvalue weighted by Crippen LogP contribution is -2.38. The fourth-order valence-corrected chi connectivity index (χ4v) is 2.29. The van der Waals surface area contributed by atoms with Crippen LogP contribution >= 0.6 is 0 Å². The molecular formula is C15H20N2. The molecule has 0 saturated heterocycles. The van der Waals surface area contributed by atoms with Crippen molar-refractivity contribution in [3.8, 4) is 6.07 Å². The van der Waals surface area contributed by atoms with E-state index < -0.39 is 0 Å². The summed E-state index contributed by atoms with van der Waals surface area (Å²) in [5.41, 5.74) is 3.91. The second kappa shape index (κ2) is 4.89. The molecule has 0 bridgehead atoms. The zero-order valence-corrected chi connectivity index (χ0v) is 10.7. The van der Waals surface area contributed by atoms with E-state index in [9.17, 15) is 0 Å². The molecule has 1 aliphatic rings. The van der Waals surface area contributed by atoms with Crippen LogP contribution in [0.3, 0.4) is 0 Å². The Morgan fingerprint density at radius 3 is 2.59 bits per heavy atom. The molecule has 1 aliphatic carbocycles. The fraction of sp³-hybridized carbons (Fsp3) is 0.533. The van der Waals surface area contributed by atoms with E-state index in [1.54, 1.807) is 0 Å². The zero-order valence-electron chi connectivity index (χ0n) is 10.7. The highest BCUT2D eigenvalue weighted by Gasteiger charge is 2.36. The van der Waals surface area contributed by atoms with Crippen molar-refractivity contribution in [3.63, 3.8) is 0 Å². The lowest BCUT2D eigenvalue weighted by Gasteiger charge is -2.35. The third kappa shape index (κ3) is 2.68. The summed E-state index contributed by atoms with van der Waals surface area (Å²) in [6, 6.07) is 9.01. The van der Waals surface area contributed by atoms with Crippen LogP contribution in [0.5, 0.6) is 0 Å². The summed E-state index contributed by atoms with van der Waals surface area (Å²) in [7, 11) is 0. The Labute approximate surface area is 104 Å². The zero-order chi connectivity index (χ0) is 12.3. The van der Waals surface area contributed by atoms with Crippen LogP contribution in [0.15, 0.2) is 18.2 Å². The van der Waals surface area contributed by atoms with Gasteiger partial charge in [0.1, 0.15) is 0 Å². The van der Waals surface area contributed by atoms with Crippen LogP contribution in [-0.4, -0.2) is 6.54 Å². The Morgan fingerprint density at radius 2 is 2.06 bits per heavy atom. The first-order valence-corrected chi connectivity index (χ1v) is 6.33. The van der Waals surface area contributed by atoms with Crippen molar-refractivity contribution in [2.45, 2.75) is 39.7 Å². The average Bonchev–Trinajstić information content (AvgIpc) is 2.27. The van der Waals surface area contributed by atoms with Gasteiger partial charge in [-0.2, -0.15) is 5.26 Å². The molecule has 0 atom stereocenters. The normalized spacial score (nSPS) is 17.2. The van der Waals surface area contributed by atoms with Crippen molar-refractivity contribution in [2.24, 2.45) is 5.41 Å². The number of hydrogen-bond acceptors (Lipinski definition) is 2. The Morgan fingerprint density at radius 1 is 1.29 bits per heavy atom. The monoisotopic (exact) mass is 228 g/mol. The highest BCUT2D eigenvalue weighted by atomic mass is 14.9. The molecule has 2 heteroatoms. The number of hydrogen-bond donors (Lipinski definition) is 1. The first-order valence-electron chi connectivity index (χ1n) is 6.33. The van der Waals surface area contributed by atoms with Gasteiger partial charge in [0.05, 0.1) is 11.5 Å². The molecule has 0 aromatic heterocycles. The van der Waals surface area contributed by atoms with Crippen LogP contribution < -0.4 is 5.32 Å². The van der Waals surface area contributed by atoms with Gasteiger partial charge in [-0.15, -0.1) is 0 Å². The summed E-state index contributed by atoms with van der Waals surface area (Å²) in [6.07, 6.45) is 3.33. The lowest BCUT2D eigenvalue weighted by molar-refractivity contribution is 0.206. The Balaban J connectivity index is 1.86. The number of nitrogens with one attached hydrogen (secondary N) is 1. The third-order valence-corrected chi connectivity index (χ3v) is 3.91. The summed E-state index contributed by atoms with van der Waals surface area (Å²) >= 11 is 0. The van der Waals surface area contributed by atoms with E-state index in [2.05, 4.69) is 43.4 Å². The van der Waals surface area contributed by atoms with E-state index >= 15 is 0 Å². The second-order valence-electron chi connectivity index (χ2n) is 5.27. The Hall–Kier alpha value is -1.33. The van der Waals surface area contributed by atoms with Gasteiger partial charge in [-0.05, 0) is 43.4 Å². The number of aryl methyl sites for hydroxylation is 2. The van der Waals surface area contributed by atoms with Crippen molar-refractivity contribution >= 4 is 0 Å². The molecule has 0 radical (unpaired) electrons. The minimum absolute atomic E-state index is 0.0697. The fourth-order valence-electron chi connectivity index (χ4n) is 2.29.